The van der Waals surface area contributed by atoms with Gasteiger partial charge in [-0.05, 0) is 6.42 Å². The van der Waals surface area contributed by atoms with E-state index in [2.05, 4.69) is 6.92 Å². The van der Waals surface area contributed by atoms with Crippen LogP contribution >= 0.6 is 0 Å². The fraction of sp³-hybridized carbons (Fsp3) is 1.00. The zero-order valence-corrected chi connectivity index (χ0v) is 9.95. The first kappa shape index (κ1) is 12.9. The minimum Gasteiger partial charge on any atom is -0.390 e. The molecule has 3 atom stereocenters. The Morgan fingerprint density at radius 3 is 2.73 bits per heavy atom. The van der Waals surface area contributed by atoms with Gasteiger partial charge in [0, 0.05) is 12.5 Å². The normalized spacial score (nSPS) is 31.0. The number of ether oxygens (including phenoxy) is 2. The first-order valence-corrected chi connectivity index (χ1v) is 6.13. The van der Waals surface area contributed by atoms with Crippen molar-refractivity contribution in [3.63, 3.8) is 0 Å². The zero-order chi connectivity index (χ0) is 11.1. The highest BCUT2D eigenvalue weighted by Gasteiger charge is 2.32. The third kappa shape index (κ3) is 4.49. The van der Waals surface area contributed by atoms with Gasteiger partial charge in [0.15, 0.2) is 0 Å². The summed E-state index contributed by atoms with van der Waals surface area (Å²) in [5, 5.41) is 9.69. The molecular formula is C12H24O3. The summed E-state index contributed by atoms with van der Waals surface area (Å²) in [7, 11) is 0. The molecule has 0 saturated carbocycles. The van der Waals surface area contributed by atoms with Crippen molar-refractivity contribution in [2.24, 2.45) is 5.92 Å². The van der Waals surface area contributed by atoms with Crippen molar-refractivity contribution >= 4 is 0 Å². The molecule has 1 N–H and O–H groups in total. The van der Waals surface area contributed by atoms with E-state index in [0.29, 0.717) is 13.2 Å². The predicted molar refractivity (Wildman–Crippen MR) is 59.9 cm³/mol. The number of hydrogen-bond donors (Lipinski definition) is 1. The van der Waals surface area contributed by atoms with Gasteiger partial charge in [0.1, 0.15) is 6.10 Å². The summed E-state index contributed by atoms with van der Waals surface area (Å²) < 4.78 is 10.9. The molecule has 0 aromatic carbocycles. The molecule has 0 aromatic rings. The van der Waals surface area contributed by atoms with Gasteiger partial charge in [-0.3, -0.25) is 0 Å². The first-order chi connectivity index (χ1) is 7.25. The zero-order valence-electron chi connectivity index (χ0n) is 9.95. The molecule has 3 nitrogen and oxygen atoms in total. The van der Waals surface area contributed by atoms with E-state index < -0.39 is 0 Å². The van der Waals surface area contributed by atoms with Crippen molar-refractivity contribution < 1.29 is 14.6 Å². The predicted octanol–water partition coefficient (Wildman–Crippen LogP) is 1.98. The molecule has 1 heterocycles. The van der Waals surface area contributed by atoms with Gasteiger partial charge in [0.05, 0.1) is 19.3 Å². The van der Waals surface area contributed by atoms with E-state index in [1.54, 1.807) is 0 Å². The molecule has 90 valence electrons. The molecule has 1 aliphatic heterocycles. The third-order valence-electron chi connectivity index (χ3n) is 2.96. The van der Waals surface area contributed by atoms with Gasteiger partial charge in [-0.1, -0.05) is 33.1 Å². The Kier molecular flexibility index (Phi) is 6.22. The second-order valence-electron chi connectivity index (χ2n) is 4.48. The van der Waals surface area contributed by atoms with E-state index in [0.717, 1.165) is 13.0 Å². The minimum absolute atomic E-state index is 0.105. The van der Waals surface area contributed by atoms with Crippen LogP contribution in [0.2, 0.25) is 0 Å². The molecule has 1 fully saturated rings. The number of unbranched alkanes of at least 4 members (excludes halogenated alkanes) is 3. The van der Waals surface area contributed by atoms with Crippen LogP contribution < -0.4 is 0 Å². The van der Waals surface area contributed by atoms with Gasteiger partial charge in [-0.15, -0.1) is 0 Å². The van der Waals surface area contributed by atoms with E-state index in [-0.39, 0.29) is 18.1 Å². The molecule has 0 aromatic heterocycles. The maximum Gasteiger partial charge on any atom is 0.107 e. The molecule has 15 heavy (non-hydrogen) atoms. The van der Waals surface area contributed by atoms with Crippen LogP contribution in [0.1, 0.15) is 39.5 Å². The van der Waals surface area contributed by atoms with Crippen LogP contribution in [0.4, 0.5) is 0 Å². The van der Waals surface area contributed by atoms with Gasteiger partial charge in [0.25, 0.3) is 0 Å². The van der Waals surface area contributed by atoms with Gasteiger partial charge >= 0.3 is 0 Å². The maximum absolute atomic E-state index is 9.69. The van der Waals surface area contributed by atoms with Crippen LogP contribution in [-0.4, -0.2) is 37.1 Å². The van der Waals surface area contributed by atoms with Crippen molar-refractivity contribution in [3.05, 3.63) is 0 Å². The Morgan fingerprint density at radius 2 is 2.13 bits per heavy atom. The molecule has 1 aliphatic rings. The van der Waals surface area contributed by atoms with Crippen molar-refractivity contribution in [2.45, 2.75) is 51.7 Å². The van der Waals surface area contributed by atoms with Crippen molar-refractivity contribution in [1.29, 1.82) is 0 Å². The molecule has 1 saturated heterocycles. The lowest BCUT2D eigenvalue weighted by Gasteiger charge is -2.15. The monoisotopic (exact) mass is 216 g/mol. The lowest BCUT2D eigenvalue weighted by molar-refractivity contribution is -0.0260. The smallest absolute Gasteiger partial charge is 0.107 e. The lowest BCUT2D eigenvalue weighted by Crippen LogP contribution is -2.29. The molecule has 0 amide bonds. The van der Waals surface area contributed by atoms with Crippen LogP contribution in [0.5, 0.6) is 0 Å². The van der Waals surface area contributed by atoms with E-state index >= 15 is 0 Å². The summed E-state index contributed by atoms with van der Waals surface area (Å²) in [6, 6.07) is 0. The Morgan fingerprint density at radius 1 is 1.33 bits per heavy atom. The summed E-state index contributed by atoms with van der Waals surface area (Å²) in [6.45, 7) is 6.19. The molecule has 3 heteroatoms. The van der Waals surface area contributed by atoms with E-state index in [9.17, 15) is 5.11 Å². The van der Waals surface area contributed by atoms with Crippen LogP contribution in [0.15, 0.2) is 0 Å². The van der Waals surface area contributed by atoms with E-state index in [1.165, 1.54) is 19.3 Å². The fourth-order valence-electron chi connectivity index (χ4n) is 1.82. The summed E-state index contributed by atoms with van der Waals surface area (Å²) >= 11 is 0. The van der Waals surface area contributed by atoms with Crippen LogP contribution in [0.3, 0.4) is 0 Å². The molecule has 0 aliphatic carbocycles. The van der Waals surface area contributed by atoms with Crippen molar-refractivity contribution in [1.82, 2.24) is 0 Å². The Balaban J connectivity index is 1.96. The Labute approximate surface area is 92.8 Å². The molecule has 0 radical (unpaired) electrons. The van der Waals surface area contributed by atoms with E-state index in [4.69, 9.17) is 9.47 Å². The highest BCUT2D eigenvalue weighted by molar-refractivity contribution is 4.80. The number of aliphatic hydroxyl groups excluding tert-OH is 1. The van der Waals surface area contributed by atoms with Crippen molar-refractivity contribution in [3.8, 4) is 0 Å². The SMILES string of the molecule is CCCCCCOCC1OCC(C)C1O. The maximum atomic E-state index is 9.69. The van der Waals surface area contributed by atoms with Crippen molar-refractivity contribution in [2.75, 3.05) is 19.8 Å². The first-order valence-electron chi connectivity index (χ1n) is 6.13. The van der Waals surface area contributed by atoms with Crippen LogP contribution in [-0.2, 0) is 9.47 Å². The standard InChI is InChI=1S/C12H24O3/c1-3-4-5-6-7-14-9-11-12(13)10(2)8-15-11/h10-13H,3-9H2,1-2H3. The summed E-state index contributed by atoms with van der Waals surface area (Å²) in [5.74, 6) is 0.249. The second kappa shape index (κ2) is 7.20. The van der Waals surface area contributed by atoms with Gasteiger partial charge in [0.2, 0.25) is 0 Å². The third-order valence-corrected chi connectivity index (χ3v) is 2.96. The Hall–Kier alpha value is -0.120. The average Bonchev–Trinajstić information content (AvgIpc) is 2.54. The lowest BCUT2D eigenvalue weighted by atomic mass is 10.1. The highest BCUT2D eigenvalue weighted by atomic mass is 16.5. The quantitative estimate of drug-likeness (QED) is 0.661. The average molecular weight is 216 g/mol. The van der Waals surface area contributed by atoms with Crippen LogP contribution in [0.25, 0.3) is 0 Å². The number of rotatable bonds is 7. The largest absolute Gasteiger partial charge is 0.390 e. The molecular weight excluding hydrogens is 192 g/mol. The van der Waals surface area contributed by atoms with E-state index in [1.807, 2.05) is 6.92 Å². The van der Waals surface area contributed by atoms with Crippen LogP contribution in [0, 0.1) is 5.92 Å². The van der Waals surface area contributed by atoms with Gasteiger partial charge in [-0.2, -0.15) is 0 Å². The molecule has 0 spiro atoms. The van der Waals surface area contributed by atoms with Gasteiger partial charge in [-0.25, -0.2) is 0 Å². The number of hydrogen-bond acceptors (Lipinski definition) is 3. The fourth-order valence-corrected chi connectivity index (χ4v) is 1.82. The summed E-state index contributed by atoms with van der Waals surface area (Å²) in [5.41, 5.74) is 0. The second-order valence-corrected chi connectivity index (χ2v) is 4.48. The summed E-state index contributed by atoms with van der Waals surface area (Å²) in [6.07, 6.45) is 4.43. The Bertz CT molecular complexity index is 161. The molecule has 3 unspecified atom stereocenters. The van der Waals surface area contributed by atoms with Gasteiger partial charge < -0.3 is 14.6 Å². The molecule has 1 rings (SSSR count). The molecule has 0 bridgehead atoms. The topological polar surface area (TPSA) is 38.7 Å². The minimum atomic E-state index is -0.347. The summed E-state index contributed by atoms with van der Waals surface area (Å²) in [4.78, 5) is 0. The number of aliphatic hydroxyl groups is 1. The highest BCUT2D eigenvalue weighted by Crippen LogP contribution is 2.19.